The molecule has 0 saturated heterocycles. The minimum Gasteiger partial charge on any atom is -0.478 e. The van der Waals surface area contributed by atoms with Crippen LogP contribution < -0.4 is 11.1 Å². The average molecular weight is 251 g/mol. The van der Waals surface area contributed by atoms with E-state index < -0.39 is 12.0 Å². The van der Waals surface area contributed by atoms with Gasteiger partial charge in [-0.1, -0.05) is 13.8 Å². The van der Waals surface area contributed by atoms with Crippen LogP contribution in [0.15, 0.2) is 18.5 Å². The monoisotopic (exact) mass is 251 g/mol. The number of carbonyl (C=O) groups is 2. The first-order valence-corrected chi connectivity index (χ1v) is 5.65. The zero-order valence-corrected chi connectivity index (χ0v) is 10.4. The highest BCUT2D eigenvalue weighted by Crippen LogP contribution is 2.10. The molecule has 0 aliphatic carbocycles. The molecule has 0 bridgehead atoms. The number of nitrogens with one attached hydrogen (secondary N) is 1. The molecule has 0 aromatic carbocycles. The van der Waals surface area contributed by atoms with E-state index >= 15 is 0 Å². The van der Waals surface area contributed by atoms with Gasteiger partial charge in [-0.05, 0) is 18.4 Å². The Hall–Kier alpha value is -1.95. The number of rotatable bonds is 5. The van der Waals surface area contributed by atoms with Gasteiger partial charge in [0, 0.05) is 6.20 Å². The van der Waals surface area contributed by atoms with Crippen LogP contribution in [-0.4, -0.2) is 28.0 Å². The molecule has 0 spiro atoms. The van der Waals surface area contributed by atoms with E-state index in [-0.39, 0.29) is 11.5 Å². The largest absolute Gasteiger partial charge is 0.478 e. The molecule has 4 N–H and O–H groups in total. The van der Waals surface area contributed by atoms with Crippen molar-refractivity contribution in [1.82, 2.24) is 4.98 Å². The number of aromatic carboxylic acids is 1. The van der Waals surface area contributed by atoms with Crippen LogP contribution in [0.5, 0.6) is 0 Å². The maximum atomic E-state index is 11.7. The number of carboxylic acids is 1. The van der Waals surface area contributed by atoms with Gasteiger partial charge in [0.05, 0.1) is 23.5 Å². The van der Waals surface area contributed by atoms with Crippen LogP contribution in [0.2, 0.25) is 0 Å². The summed E-state index contributed by atoms with van der Waals surface area (Å²) in [4.78, 5) is 26.2. The smallest absolute Gasteiger partial charge is 0.337 e. The minimum atomic E-state index is -1.09. The van der Waals surface area contributed by atoms with Crippen LogP contribution in [0.3, 0.4) is 0 Å². The predicted octanol–water partition coefficient (Wildman–Crippen LogP) is 1.09. The summed E-state index contributed by atoms with van der Waals surface area (Å²) >= 11 is 0. The third kappa shape index (κ3) is 4.14. The van der Waals surface area contributed by atoms with Crippen LogP contribution >= 0.6 is 0 Å². The van der Waals surface area contributed by atoms with Crippen LogP contribution in [0.25, 0.3) is 0 Å². The molecular weight excluding hydrogens is 234 g/mol. The molecule has 6 heteroatoms. The van der Waals surface area contributed by atoms with Crippen molar-refractivity contribution < 1.29 is 14.7 Å². The van der Waals surface area contributed by atoms with Crippen molar-refractivity contribution in [2.75, 3.05) is 5.32 Å². The van der Waals surface area contributed by atoms with Gasteiger partial charge in [0.1, 0.15) is 0 Å². The maximum absolute atomic E-state index is 11.7. The molecule has 0 radical (unpaired) electrons. The van der Waals surface area contributed by atoms with Gasteiger partial charge in [-0.3, -0.25) is 9.78 Å². The second kappa shape index (κ2) is 6.11. The van der Waals surface area contributed by atoms with Crippen LogP contribution in [0.1, 0.15) is 30.6 Å². The molecule has 0 aliphatic rings. The highest BCUT2D eigenvalue weighted by atomic mass is 16.4. The second-order valence-corrected chi connectivity index (χ2v) is 4.49. The van der Waals surface area contributed by atoms with Gasteiger partial charge in [0.2, 0.25) is 5.91 Å². The van der Waals surface area contributed by atoms with Crippen molar-refractivity contribution in [1.29, 1.82) is 0 Å². The molecule has 98 valence electrons. The summed E-state index contributed by atoms with van der Waals surface area (Å²) in [5.74, 6) is -1.12. The van der Waals surface area contributed by atoms with Crippen molar-refractivity contribution in [3.63, 3.8) is 0 Å². The summed E-state index contributed by atoms with van der Waals surface area (Å²) in [5.41, 5.74) is 6.07. The van der Waals surface area contributed by atoms with Gasteiger partial charge in [-0.25, -0.2) is 4.79 Å². The van der Waals surface area contributed by atoms with Crippen LogP contribution in [0, 0.1) is 5.92 Å². The molecule has 1 aromatic rings. The zero-order chi connectivity index (χ0) is 13.7. The van der Waals surface area contributed by atoms with Crippen LogP contribution in [-0.2, 0) is 4.79 Å². The summed E-state index contributed by atoms with van der Waals surface area (Å²) in [6.07, 6.45) is 3.16. The molecule has 1 atom stereocenters. The standard InChI is InChI=1S/C12H17N3O3/c1-7(2)3-10(13)11(16)15-9-4-8(12(17)18)5-14-6-9/h4-7,10H,3,13H2,1-2H3,(H,15,16)(H,17,18)/t10-/m1/s1. The van der Waals surface area contributed by atoms with E-state index in [0.29, 0.717) is 18.0 Å². The fourth-order valence-electron chi connectivity index (χ4n) is 1.48. The minimum absolute atomic E-state index is 0.0187. The van der Waals surface area contributed by atoms with Gasteiger partial charge in [-0.15, -0.1) is 0 Å². The Balaban J connectivity index is 2.70. The summed E-state index contributed by atoms with van der Waals surface area (Å²) in [7, 11) is 0. The quantitative estimate of drug-likeness (QED) is 0.726. The molecule has 0 saturated carbocycles. The van der Waals surface area contributed by atoms with E-state index in [9.17, 15) is 9.59 Å². The first kappa shape index (κ1) is 14.1. The lowest BCUT2D eigenvalue weighted by atomic mass is 10.0. The van der Waals surface area contributed by atoms with Crippen LogP contribution in [0.4, 0.5) is 5.69 Å². The number of hydrogen-bond acceptors (Lipinski definition) is 4. The lowest BCUT2D eigenvalue weighted by molar-refractivity contribution is -0.117. The van der Waals surface area contributed by atoms with Gasteiger partial charge < -0.3 is 16.2 Å². The Morgan fingerprint density at radius 2 is 2.11 bits per heavy atom. The third-order valence-corrected chi connectivity index (χ3v) is 2.31. The Bertz CT molecular complexity index is 446. The van der Waals surface area contributed by atoms with E-state index in [2.05, 4.69) is 10.3 Å². The number of aromatic nitrogens is 1. The predicted molar refractivity (Wildman–Crippen MR) is 67.3 cm³/mol. The topological polar surface area (TPSA) is 105 Å². The van der Waals surface area contributed by atoms with E-state index in [1.165, 1.54) is 18.5 Å². The van der Waals surface area contributed by atoms with Crippen molar-refractivity contribution in [2.45, 2.75) is 26.3 Å². The summed E-state index contributed by atoms with van der Waals surface area (Å²) in [6, 6.07) is 0.730. The summed E-state index contributed by atoms with van der Waals surface area (Å²) in [6.45, 7) is 3.94. The number of nitrogens with two attached hydrogens (primary N) is 1. The molecule has 1 aromatic heterocycles. The normalized spacial score (nSPS) is 12.2. The second-order valence-electron chi connectivity index (χ2n) is 4.49. The number of nitrogens with zero attached hydrogens (tertiary/aromatic N) is 1. The van der Waals surface area contributed by atoms with Gasteiger partial charge in [-0.2, -0.15) is 0 Å². The lowest BCUT2D eigenvalue weighted by Gasteiger charge is -2.14. The molecule has 0 fully saturated rings. The van der Waals surface area contributed by atoms with Crippen molar-refractivity contribution in [2.24, 2.45) is 11.7 Å². The Morgan fingerprint density at radius 3 is 2.67 bits per heavy atom. The van der Waals surface area contributed by atoms with Gasteiger partial charge in [0.15, 0.2) is 0 Å². The van der Waals surface area contributed by atoms with E-state index in [1.54, 1.807) is 0 Å². The molecule has 0 aliphatic heterocycles. The zero-order valence-electron chi connectivity index (χ0n) is 10.4. The average Bonchev–Trinajstić information content (AvgIpc) is 2.28. The molecular formula is C12H17N3O3. The number of pyridine rings is 1. The number of hydrogen-bond donors (Lipinski definition) is 3. The van der Waals surface area contributed by atoms with Gasteiger partial charge >= 0.3 is 5.97 Å². The molecule has 6 nitrogen and oxygen atoms in total. The lowest BCUT2D eigenvalue weighted by Crippen LogP contribution is -2.36. The van der Waals surface area contributed by atoms with Crippen molar-refractivity contribution >= 4 is 17.6 Å². The van der Waals surface area contributed by atoms with Gasteiger partial charge in [0.25, 0.3) is 0 Å². The molecule has 1 rings (SSSR count). The maximum Gasteiger partial charge on any atom is 0.337 e. The Morgan fingerprint density at radius 1 is 1.44 bits per heavy atom. The number of carbonyl (C=O) groups excluding carboxylic acids is 1. The molecule has 1 heterocycles. The van der Waals surface area contributed by atoms with Crippen molar-refractivity contribution in [3.05, 3.63) is 24.0 Å². The van der Waals surface area contributed by atoms with Crippen molar-refractivity contribution in [3.8, 4) is 0 Å². The molecule has 1 amide bonds. The highest BCUT2D eigenvalue weighted by Gasteiger charge is 2.15. The first-order chi connectivity index (χ1) is 8.40. The fourth-order valence-corrected chi connectivity index (χ4v) is 1.48. The third-order valence-electron chi connectivity index (χ3n) is 2.31. The first-order valence-electron chi connectivity index (χ1n) is 5.65. The van der Waals surface area contributed by atoms with E-state index in [0.717, 1.165) is 0 Å². The summed E-state index contributed by atoms with van der Waals surface area (Å²) < 4.78 is 0. The number of carboxylic acid groups (broad SMARTS) is 1. The molecule has 0 unspecified atom stereocenters. The Labute approximate surface area is 105 Å². The molecule has 18 heavy (non-hydrogen) atoms. The van der Waals surface area contributed by atoms with E-state index in [4.69, 9.17) is 10.8 Å². The summed E-state index contributed by atoms with van der Waals surface area (Å²) in [5, 5.41) is 11.3. The highest BCUT2D eigenvalue weighted by molar-refractivity contribution is 5.96. The number of amides is 1. The van der Waals surface area contributed by atoms with E-state index in [1.807, 2.05) is 13.8 Å². The number of anilines is 1. The Kier molecular flexibility index (Phi) is 4.79. The fraction of sp³-hybridized carbons (Fsp3) is 0.417. The SMILES string of the molecule is CC(C)C[C@@H](N)C(=O)Nc1cncc(C(=O)O)c1.